The molecule has 0 bridgehead atoms. The number of piperidine rings is 1. The number of amides is 1. The van der Waals surface area contributed by atoms with Crippen LogP contribution in [0.5, 0.6) is 0 Å². The molecule has 2 aromatic rings. The van der Waals surface area contributed by atoms with Crippen LogP contribution in [0.4, 0.5) is 0 Å². The summed E-state index contributed by atoms with van der Waals surface area (Å²) in [5.41, 5.74) is 1.53. The summed E-state index contributed by atoms with van der Waals surface area (Å²) >= 11 is 0. The molecule has 3 rings (SSSR count). The molecule has 1 fully saturated rings. The van der Waals surface area contributed by atoms with Gasteiger partial charge in [-0.15, -0.1) is 0 Å². The van der Waals surface area contributed by atoms with Gasteiger partial charge in [-0.1, -0.05) is 6.07 Å². The highest BCUT2D eigenvalue weighted by atomic mass is 16.4. The Bertz CT molecular complexity index is 692. The summed E-state index contributed by atoms with van der Waals surface area (Å²) in [6.07, 6.45) is 1.81. The number of furan rings is 1. The topological polar surface area (TPSA) is 91.6 Å². The minimum atomic E-state index is -1.08. The average molecular weight is 288 g/mol. The lowest BCUT2D eigenvalue weighted by atomic mass is 10.1. The molecule has 1 unspecified atom stereocenters. The molecule has 0 saturated carbocycles. The standard InChI is InChI=1S/C15H16N2O4/c18-14-11(2-1-5-16-14)17-8-9-3-4-12-10(6-9)7-13(21-12)15(19)20/h3-4,6-7,11,17H,1-2,5,8H2,(H,16,18)(H,19,20). The Morgan fingerprint density at radius 2 is 2.29 bits per heavy atom. The monoisotopic (exact) mass is 288 g/mol. The summed E-state index contributed by atoms with van der Waals surface area (Å²) in [6, 6.07) is 6.84. The molecule has 6 nitrogen and oxygen atoms in total. The van der Waals surface area contributed by atoms with Gasteiger partial charge in [0.2, 0.25) is 11.7 Å². The zero-order valence-corrected chi connectivity index (χ0v) is 11.4. The predicted molar refractivity (Wildman–Crippen MR) is 76.0 cm³/mol. The number of nitrogens with one attached hydrogen (secondary N) is 2. The highest BCUT2D eigenvalue weighted by molar-refractivity contribution is 5.91. The van der Waals surface area contributed by atoms with E-state index in [9.17, 15) is 9.59 Å². The molecule has 0 aliphatic carbocycles. The summed E-state index contributed by atoms with van der Waals surface area (Å²) < 4.78 is 5.21. The maximum Gasteiger partial charge on any atom is 0.371 e. The highest BCUT2D eigenvalue weighted by Gasteiger charge is 2.21. The van der Waals surface area contributed by atoms with Crippen LogP contribution in [0.25, 0.3) is 11.0 Å². The van der Waals surface area contributed by atoms with E-state index in [1.807, 2.05) is 12.1 Å². The predicted octanol–water partition coefficient (Wildman–Crippen LogP) is 1.50. The van der Waals surface area contributed by atoms with Crippen LogP contribution in [-0.4, -0.2) is 29.6 Å². The lowest BCUT2D eigenvalue weighted by molar-refractivity contribution is -0.124. The number of carbonyl (C=O) groups is 2. The van der Waals surface area contributed by atoms with Gasteiger partial charge in [0.25, 0.3) is 0 Å². The number of carboxylic acids is 1. The first kappa shape index (κ1) is 13.6. The molecule has 2 heterocycles. The fraction of sp³-hybridized carbons (Fsp3) is 0.333. The summed E-state index contributed by atoms with van der Waals surface area (Å²) in [5, 5.41) is 15.7. The van der Waals surface area contributed by atoms with Crippen molar-refractivity contribution < 1.29 is 19.1 Å². The van der Waals surface area contributed by atoms with Crippen molar-refractivity contribution in [2.24, 2.45) is 0 Å². The number of aromatic carboxylic acids is 1. The highest BCUT2D eigenvalue weighted by Crippen LogP contribution is 2.21. The minimum Gasteiger partial charge on any atom is -0.475 e. The van der Waals surface area contributed by atoms with E-state index in [1.165, 1.54) is 6.07 Å². The molecule has 3 N–H and O–H groups in total. The first-order chi connectivity index (χ1) is 10.1. The van der Waals surface area contributed by atoms with Crippen molar-refractivity contribution in [3.63, 3.8) is 0 Å². The number of carboxylic acid groups (broad SMARTS) is 1. The smallest absolute Gasteiger partial charge is 0.371 e. The Balaban J connectivity index is 1.72. The van der Waals surface area contributed by atoms with Gasteiger partial charge < -0.3 is 20.2 Å². The molecule has 110 valence electrons. The molecular weight excluding hydrogens is 272 g/mol. The normalized spacial score (nSPS) is 18.7. The van der Waals surface area contributed by atoms with Crippen molar-refractivity contribution in [1.29, 1.82) is 0 Å². The Morgan fingerprint density at radius 3 is 3.05 bits per heavy atom. The van der Waals surface area contributed by atoms with Crippen molar-refractivity contribution in [3.8, 4) is 0 Å². The fourth-order valence-corrected chi connectivity index (χ4v) is 2.52. The van der Waals surface area contributed by atoms with Crippen LogP contribution in [0, 0.1) is 0 Å². The molecule has 1 atom stereocenters. The zero-order valence-electron chi connectivity index (χ0n) is 11.4. The molecule has 1 aromatic heterocycles. The minimum absolute atomic E-state index is 0.0406. The first-order valence-corrected chi connectivity index (χ1v) is 6.90. The fourth-order valence-electron chi connectivity index (χ4n) is 2.52. The van der Waals surface area contributed by atoms with Gasteiger partial charge >= 0.3 is 5.97 Å². The van der Waals surface area contributed by atoms with E-state index in [2.05, 4.69) is 10.6 Å². The number of carbonyl (C=O) groups excluding carboxylic acids is 1. The summed E-state index contributed by atoms with van der Waals surface area (Å²) in [5.74, 6) is -1.11. The Kier molecular flexibility index (Phi) is 3.62. The van der Waals surface area contributed by atoms with E-state index >= 15 is 0 Å². The lowest BCUT2D eigenvalue weighted by Crippen LogP contribution is -2.47. The van der Waals surface area contributed by atoms with Gasteiger partial charge in [0, 0.05) is 18.5 Å². The lowest BCUT2D eigenvalue weighted by Gasteiger charge is -2.22. The van der Waals surface area contributed by atoms with E-state index in [4.69, 9.17) is 9.52 Å². The second kappa shape index (κ2) is 5.57. The molecule has 1 aliphatic heterocycles. The number of hydrogen-bond acceptors (Lipinski definition) is 4. The van der Waals surface area contributed by atoms with Gasteiger partial charge in [-0.05, 0) is 36.6 Å². The molecule has 1 aliphatic rings. The summed E-state index contributed by atoms with van der Waals surface area (Å²) in [7, 11) is 0. The Labute approximate surface area is 121 Å². The maximum absolute atomic E-state index is 11.7. The summed E-state index contributed by atoms with van der Waals surface area (Å²) in [6.45, 7) is 1.30. The van der Waals surface area contributed by atoms with E-state index < -0.39 is 5.97 Å². The second-order valence-electron chi connectivity index (χ2n) is 5.15. The van der Waals surface area contributed by atoms with Gasteiger partial charge in [-0.25, -0.2) is 4.79 Å². The van der Waals surface area contributed by atoms with Gasteiger partial charge in [0.05, 0.1) is 6.04 Å². The van der Waals surface area contributed by atoms with Crippen molar-refractivity contribution in [2.45, 2.75) is 25.4 Å². The maximum atomic E-state index is 11.7. The molecule has 6 heteroatoms. The molecule has 1 saturated heterocycles. The zero-order chi connectivity index (χ0) is 14.8. The molecule has 1 aromatic carbocycles. The van der Waals surface area contributed by atoms with Crippen LogP contribution in [0.1, 0.15) is 29.0 Å². The van der Waals surface area contributed by atoms with Gasteiger partial charge in [-0.3, -0.25) is 4.79 Å². The number of hydrogen-bond donors (Lipinski definition) is 3. The van der Waals surface area contributed by atoms with E-state index in [-0.39, 0.29) is 17.7 Å². The van der Waals surface area contributed by atoms with Crippen molar-refractivity contribution >= 4 is 22.8 Å². The van der Waals surface area contributed by atoms with Crippen molar-refractivity contribution in [2.75, 3.05) is 6.54 Å². The third-order valence-corrected chi connectivity index (χ3v) is 3.63. The second-order valence-corrected chi connectivity index (χ2v) is 5.15. The van der Waals surface area contributed by atoms with E-state index in [0.29, 0.717) is 12.1 Å². The third-order valence-electron chi connectivity index (χ3n) is 3.63. The molecule has 1 amide bonds. The molecule has 0 spiro atoms. The number of rotatable bonds is 4. The Morgan fingerprint density at radius 1 is 1.43 bits per heavy atom. The van der Waals surface area contributed by atoms with Crippen molar-refractivity contribution in [3.05, 3.63) is 35.6 Å². The Hall–Kier alpha value is -2.34. The van der Waals surface area contributed by atoms with Crippen LogP contribution in [0.15, 0.2) is 28.7 Å². The first-order valence-electron chi connectivity index (χ1n) is 6.90. The van der Waals surface area contributed by atoms with Gasteiger partial charge in [-0.2, -0.15) is 0 Å². The quantitative estimate of drug-likeness (QED) is 0.793. The van der Waals surface area contributed by atoms with E-state index in [0.717, 1.165) is 30.3 Å². The van der Waals surface area contributed by atoms with Crippen LogP contribution in [-0.2, 0) is 11.3 Å². The van der Waals surface area contributed by atoms with Crippen molar-refractivity contribution in [1.82, 2.24) is 10.6 Å². The number of benzene rings is 1. The van der Waals surface area contributed by atoms with Crippen LogP contribution in [0.2, 0.25) is 0 Å². The van der Waals surface area contributed by atoms with Crippen LogP contribution >= 0.6 is 0 Å². The van der Waals surface area contributed by atoms with Gasteiger partial charge in [0.15, 0.2) is 0 Å². The molecule has 21 heavy (non-hydrogen) atoms. The van der Waals surface area contributed by atoms with Gasteiger partial charge in [0.1, 0.15) is 5.58 Å². The molecular formula is C15H16N2O4. The SMILES string of the molecule is O=C(O)c1cc2cc(CNC3CCCNC3=O)ccc2o1. The summed E-state index contributed by atoms with van der Waals surface area (Å²) in [4.78, 5) is 22.5. The number of fused-ring (bicyclic) bond motifs is 1. The molecule has 0 radical (unpaired) electrons. The largest absolute Gasteiger partial charge is 0.475 e. The van der Waals surface area contributed by atoms with Crippen LogP contribution < -0.4 is 10.6 Å². The van der Waals surface area contributed by atoms with E-state index in [1.54, 1.807) is 6.07 Å². The average Bonchev–Trinajstić information content (AvgIpc) is 2.90. The van der Waals surface area contributed by atoms with Crippen LogP contribution in [0.3, 0.4) is 0 Å². The third kappa shape index (κ3) is 2.90.